The second-order valence-electron chi connectivity index (χ2n) is 21.6. The zero-order chi connectivity index (χ0) is 61.3. The number of aliphatic hydroxyl groups is 1. The molecule has 4 aliphatic heterocycles. The number of benzene rings is 3. The minimum Gasteiger partial charge on any atom is -0.456 e. The smallest absolute Gasteiger partial charge is 0.456 e. The number of nitrogens with two attached hydrogens (primary N) is 1. The molecule has 9 rings (SSSR count). The Balaban J connectivity index is 0.919. The predicted molar refractivity (Wildman–Crippen MR) is 317 cm³/mol. The first kappa shape index (κ1) is 62.8. The van der Waals surface area contributed by atoms with Crippen molar-refractivity contribution >= 4 is 119 Å². The molecule has 84 heavy (non-hydrogen) atoms. The minimum absolute atomic E-state index is 0.00372. The van der Waals surface area contributed by atoms with Crippen LogP contribution in [0.1, 0.15) is 107 Å². The number of nitrogens with one attached hydrogen (secondary N) is 2. The molecule has 450 valence electrons. The third kappa shape index (κ3) is 12.2. The maximum atomic E-state index is 15.1. The SMILES string of the molecule is CCN1c2cc3c(cc2C(C)=CC1(C)C)C(c1c(Cl)c(Cl)c(Cl)c(Cl)c1C(=O)N(C)CCCC(=O)NCCNC(=O)O[C@H]1[C@@H](O)[C@H](n2cnc4c(N)ncnc42)O[C@@H]1COP(=O)(O)OP(=O)(O)O)=c1cc2c(cc1O3)=[N+](CC)C(C)(C)C=C2C. The number of likely N-dealkylation sites (N-methyl/N-ethyl adjacent to an activating group) is 2. The Labute approximate surface area is 502 Å². The molecule has 3 aromatic carbocycles. The normalized spacial score (nSPS) is 20.2. The summed E-state index contributed by atoms with van der Waals surface area (Å²) < 4.78 is 54.0. The predicted octanol–water partition coefficient (Wildman–Crippen LogP) is 7.35. The number of nitrogen functional groups attached to an aromatic ring is 1. The molecule has 3 amide bonds. The second-order valence-corrected chi connectivity index (χ2v) is 26.0. The Morgan fingerprint density at radius 2 is 1.58 bits per heavy atom. The summed E-state index contributed by atoms with van der Waals surface area (Å²) in [4.78, 5) is 85.3. The Hall–Kier alpha value is -5.69. The van der Waals surface area contributed by atoms with Crippen molar-refractivity contribution in [3.63, 3.8) is 0 Å². The molecule has 6 heterocycles. The Morgan fingerprint density at radius 3 is 2.27 bits per heavy atom. The van der Waals surface area contributed by atoms with Gasteiger partial charge in [0.25, 0.3) is 5.91 Å². The molecule has 5 aromatic rings. The highest BCUT2D eigenvalue weighted by molar-refractivity contribution is 7.60. The van der Waals surface area contributed by atoms with E-state index in [1.54, 1.807) is 7.05 Å². The number of phosphoric acid groups is 2. The molecule has 1 fully saturated rings. The number of hydrogen-bond donors (Lipinski definition) is 7. The second kappa shape index (κ2) is 23.9. The highest BCUT2D eigenvalue weighted by Crippen LogP contribution is 2.58. The van der Waals surface area contributed by atoms with E-state index in [0.29, 0.717) is 40.9 Å². The Morgan fingerprint density at radius 1 is 0.893 bits per heavy atom. The number of carbonyl (C=O) groups is 3. The van der Waals surface area contributed by atoms with E-state index in [1.165, 1.54) is 15.8 Å². The van der Waals surface area contributed by atoms with Crippen LogP contribution in [-0.4, -0.2) is 138 Å². The van der Waals surface area contributed by atoms with E-state index in [9.17, 15) is 28.7 Å². The van der Waals surface area contributed by atoms with Crippen LogP contribution in [0.15, 0.2) is 49.1 Å². The molecule has 24 nitrogen and oxygen atoms in total. The van der Waals surface area contributed by atoms with Crippen molar-refractivity contribution in [1.29, 1.82) is 0 Å². The number of aliphatic hydroxyl groups excluding tert-OH is 1. The van der Waals surface area contributed by atoms with Crippen LogP contribution >= 0.6 is 62.0 Å². The Kier molecular flexibility index (Phi) is 17.9. The summed E-state index contributed by atoms with van der Waals surface area (Å²) in [5.74, 6) is 0.0537. The van der Waals surface area contributed by atoms with Crippen molar-refractivity contribution in [3.05, 3.63) is 108 Å². The van der Waals surface area contributed by atoms with Gasteiger partial charge in [-0.05, 0) is 77.3 Å². The van der Waals surface area contributed by atoms with Gasteiger partial charge in [0.05, 0.1) is 50.2 Å². The minimum atomic E-state index is -5.51. The van der Waals surface area contributed by atoms with Gasteiger partial charge in [0.2, 0.25) is 11.3 Å². The molecule has 4 aliphatic rings. The van der Waals surface area contributed by atoms with E-state index < -0.39 is 64.7 Å². The summed E-state index contributed by atoms with van der Waals surface area (Å²) in [6, 6.07) is 8.19. The fraction of sp³-hybridized carbons (Fsp3) is 0.426. The zero-order valence-corrected chi connectivity index (χ0v) is 51.9. The molecule has 8 N–H and O–H groups in total. The summed E-state index contributed by atoms with van der Waals surface area (Å²) in [7, 11) is -9.37. The summed E-state index contributed by atoms with van der Waals surface area (Å²) in [5.41, 5.74) is 11.9. The highest BCUT2D eigenvalue weighted by Gasteiger charge is 2.49. The van der Waals surface area contributed by atoms with Crippen LogP contribution in [0.3, 0.4) is 0 Å². The maximum Gasteiger partial charge on any atom is 0.481 e. The van der Waals surface area contributed by atoms with Gasteiger partial charge in [-0.1, -0.05) is 52.5 Å². The fourth-order valence-corrected chi connectivity index (χ4v) is 14.2. The monoisotopic (exact) mass is 1280 g/mol. The Bertz CT molecular complexity index is 3850. The van der Waals surface area contributed by atoms with Crippen LogP contribution in [0, 0.1) is 0 Å². The lowest BCUT2D eigenvalue weighted by molar-refractivity contribution is -0.121. The number of aromatic nitrogens is 4. The lowest BCUT2D eigenvalue weighted by Crippen LogP contribution is -2.49. The quantitative estimate of drug-likeness (QED) is 0.0145. The first-order valence-corrected chi connectivity index (χ1v) is 31.1. The third-order valence-corrected chi connectivity index (χ3v) is 19.0. The fourth-order valence-electron chi connectivity index (χ4n) is 11.5. The number of hydrogen-bond acceptors (Lipinski definition) is 16. The van der Waals surface area contributed by atoms with Crippen LogP contribution in [0.5, 0.6) is 11.5 Å². The average molecular weight is 1280 g/mol. The van der Waals surface area contributed by atoms with E-state index in [0.717, 1.165) is 39.6 Å². The van der Waals surface area contributed by atoms with E-state index in [4.69, 9.17) is 80.7 Å². The summed E-state index contributed by atoms with van der Waals surface area (Å²) >= 11 is 28.3. The molecular weight excluding hydrogens is 1220 g/mol. The van der Waals surface area contributed by atoms with Crippen LogP contribution in [0.4, 0.5) is 16.3 Å². The number of imidazole rings is 1. The van der Waals surface area contributed by atoms with Crippen molar-refractivity contribution in [3.8, 4) is 11.5 Å². The topological polar surface area (TPSA) is 316 Å². The van der Waals surface area contributed by atoms with Gasteiger partial charge in [-0.15, -0.1) is 0 Å². The summed E-state index contributed by atoms with van der Waals surface area (Å²) in [6.45, 7) is 17.2. The van der Waals surface area contributed by atoms with Gasteiger partial charge in [-0.2, -0.15) is 4.31 Å². The van der Waals surface area contributed by atoms with E-state index in [2.05, 4.69) is 119 Å². The van der Waals surface area contributed by atoms with Crippen molar-refractivity contribution < 1.29 is 66.3 Å². The van der Waals surface area contributed by atoms with Gasteiger partial charge in [0.15, 0.2) is 29.3 Å². The number of fused-ring (bicyclic) bond motifs is 5. The number of carbonyl (C=O) groups excluding carboxylic acids is 3. The van der Waals surface area contributed by atoms with Crippen LogP contribution in [-0.2, 0) is 32.2 Å². The molecular formula is C54H63Cl4N10O14P2+. The van der Waals surface area contributed by atoms with Crippen LogP contribution < -0.4 is 41.2 Å². The van der Waals surface area contributed by atoms with Crippen molar-refractivity contribution in [2.45, 2.75) is 104 Å². The van der Waals surface area contributed by atoms with Gasteiger partial charge in [0, 0.05) is 98.3 Å². The molecule has 0 aliphatic carbocycles. The number of nitrogens with zero attached hydrogens (tertiary/aromatic N) is 7. The first-order valence-electron chi connectivity index (χ1n) is 26.6. The molecule has 5 atom stereocenters. The number of alkyl carbamates (subject to hydrolysis) is 1. The number of rotatable bonds is 18. The van der Waals surface area contributed by atoms with Gasteiger partial charge < -0.3 is 60.2 Å². The maximum absolute atomic E-state index is 15.1. The molecule has 1 unspecified atom stereocenters. The van der Waals surface area contributed by atoms with Crippen LogP contribution in [0.2, 0.25) is 20.1 Å². The molecule has 2 aromatic heterocycles. The lowest BCUT2D eigenvalue weighted by atomic mass is 9.83. The molecule has 0 saturated carbocycles. The van der Waals surface area contributed by atoms with Crippen LogP contribution in [0.25, 0.3) is 27.9 Å². The van der Waals surface area contributed by atoms with E-state index in [-0.39, 0.29) is 91.8 Å². The lowest BCUT2D eigenvalue weighted by Gasteiger charge is -2.43. The standard InChI is InChI=1S/C54H62Cl4N10O14P2/c1-10-67-32-19-34-30(17-28(32)26(3)21-53(67,5)6)38(31-18-29-27(4)22-54(7,8)68(11-2)33(29)20-35(31)79-34)39-40(42(56)44(58)43(57)41(39)55)50(71)65(9)16-12-13-37(69)60-14-15-61-52(72)81-47-36(23-78-84(76,77)82-83(73,74)75)80-51(46(47)70)66-25-64-45-48(59)62-24-63-49(45)66/h17-22,24-25,36,46-47,51,70H,10-16,23H2,1-9H3,(H6-,59,60,61,62,63,69,72,73,74,75,76,77)/p+1/t36-,46-,47-,51-/m1/s1. The number of halogens is 4. The van der Waals surface area contributed by atoms with Crippen molar-refractivity contribution in [1.82, 2.24) is 39.6 Å². The van der Waals surface area contributed by atoms with Gasteiger partial charge in [-0.3, -0.25) is 18.7 Å². The van der Waals surface area contributed by atoms with Crippen molar-refractivity contribution in [2.75, 3.05) is 57.0 Å². The number of ether oxygens (including phenoxy) is 3. The zero-order valence-electron chi connectivity index (χ0n) is 47.1. The number of phosphoric ester groups is 1. The molecule has 0 spiro atoms. The highest BCUT2D eigenvalue weighted by atomic mass is 35.5. The largest absolute Gasteiger partial charge is 0.481 e. The first-order chi connectivity index (χ1) is 39.4. The van der Waals surface area contributed by atoms with Gasteiger partial charge in [-0.25, -0.2) is 33.5 Å². The van der Waals surface area contributed by atoms with Crippen molar-refractivity contribution in [2.24, 2.45) is 0 Å². The van der Waals surface area contributed by atoms with E-state index >= 15 is 4.79 Å². The number of amides is 3. The average Bonchev–Trinajstić information content (AvgIpc) is 0.994. The van der Waals surface area contributed by atoms with E-state index in [1.807, 2.05) is 12.1 Å². The van der Waals surface area contributed by atoms with Gasteiger partial charge >= 0.3 is 21.7 Å². The van der Waals surface area contributed by atoms with Gasteiger partial charge in [0.1, 0.15) is 42.1 Å². The number of anilines is 2. The molecule has 0 radical (unpaired) electrons. The molecule has 1 saturated heterocycles. The third-order valence-electron chi connectivity index (χ3n) is 15.1. The number of allylic oxidation sites excluding steroid dienone is 2. The molecule has 0 bridgehead atoms. The summed E-state index contributed by atoms with van der Waals surface area (Å²) in [5, 5.41) is 17.8. The molecule has 30 heteroatoms. The summed E-state index contributed by atoms with van der Waals surface area (Å²) in [6.07, 6.45) is -0.613.